The maximum Gasteiger partial charge on any atom is 0.248 e. The Labute approximate surface area is 109 Å². The third-order valence-corrected chi connectivity index (χ3v) is 3.46. The van der Waals surface area contributed by atoms with E-state index in [1.165, 1.54) is 0 Å². The second-order valence-corrected chi connectivity index (χ2v) is 6.30. The van der Waals surface area contributed by atoms with Gasteiger partial charge in [0.1, 0.15) is 6.61 Å². The average Bonchev–Trinajstić information content (AvgIpc) is 2.20. The van der Waals surface area contributed by atoms with E-state index < -0.39 is 0 Å². The molecule has 2 heterocycles. The van der Waals surface area contributed by atoms with E-state index in [2.05, 4.69) is 5.32 Å². The lowest BCUT2D eigenvalue weighted by atomic mass is 10.0. The number of hydrogen-bond acceptors (Lipinski definition) is 4. The van der Waals surface area contributed by atoms with Crippen LogP contribution in [0.4, 0.5) is 0 Å². The van der Waals surface area contributed by atoms with Crippen molar-refractivity contribution in [2.75, 3.05) is 32.8 Å². The third-order valence-electron chi connectivity index (χ3n) is 3.46. The number of carbonyl (C=O) groups excluding carboxylic acids is 1. The van der Waals surface area contributed by atoms with E-state index in [0.29, 0.717) is 13.1 Å². The fourth-order valence-electron chi connectivity index (χ4n) is 2.55. The molecule has 5 nitrogen and oxygen atoms in total. The molecule has 2 saturated heterocycles. The summed E-state index contributed by atoms with van der Waals surface area (Å²) >= 11 is 0. The maximum absolute atomic E-state index is 12.1. The summed E-state index contributed by atoms with van der Waals surface area (Å²) in [5, 5.41) is 3.16. The van der Waals surface area contributed by atoms with E-state index in [1.807, 2.05) is 32.6 Å². The van der Waals surface area contributed by atoms with Gasteiger partial charge in [-0.25, -0.2) is 0 Å². The molecule has 0 radical (unpaired) electrons. The summed E-state index contributed by atoms with van der Waals surface area (Å²) in [6.07, 6.45) is 0.0821. The number of nitrogens with zero attached hydrogens (tertiary/aromatic N) is 1. The number of carbonyl (C=O) groups is 1. The van der Waals surface area contributed by atoms with Gasteiger partial charge in [0, 0.05) is 26.2 Å². The first kappa shape index (κ1) is 13.8. The molecule has 0 bridgehead atoms. The summed E-state index contributed by atoms with van der Waals surface area (Å²) in [4.78, 5) is 14.0. The first-order valence-corrected chi connectivity index (χ1v) is 6.60. The number of rotatable bonds is 3. The Morgan fingerprint density at radius 1 is 1.44 bits per heavy atom. The largest absolute Gasteiger partial charge is 0.369 e. The summed E-state index contributed by atoms with van der Waals surface area (Å²) < 4.78 is 11.5. The molecule has 0 saturated carbocycles. The van der Waals surface area contributed by atoms with Crippen molar-refractivity contribution in [1.29, 1.82) is 0 Å². The molecule has 0 spiro atoms. The Hall–Kier alpha value is -0.650. The average molecular weight is 256 g/mol. The quantitative estimate of drug-likeness (QED) is 0.793. The van der Waals surface area contributed by atoms with Crippen LogP contribution < -0.4 is 5.32 Å². The molecule has 1 amide bonds. The van der Waals surface area contributed by atoms with Crippen LogP contribution in [0, 0.1) is 0 Å². The predicted molar refractivity (Wildman–Crippen MR) is 68.4 cm³/mol. The van der Waals surface area contributed by atoms with Crippen LogP contribution in [-0.4, -0.2) is 60.9 Å². The van der Waals surface area contributed by atoms with Gasteiger partial charge in [0.25, 0.3) is 0 Å². The van der Waals surface area contributed by atoms with Crippen molar-refractivity contribution >= 4 is 5.91 Å². The van der Waals surface area contributed by atoms with Crippen LogP contribution in [0.5, 0.6) is 0 Å². The second kappa shape index (κ2) is 4.79. The van der Waals surface area contributed by atoms with Crippen molar-refractivity contribution in [1.82, 2.24) is 10.2 Å². The molecule has 1 unspecified atom stereocenters. The Kier molecular flexibility index (Phi) is 3.67. The highest BCUT2D eigenvalue weighted by atomic mass is 16.5. The van der Waals surface area contributed by atoms with Gasteiger partial charge in [0.05, 0.1) is 17.3 Å². The second-order valence-electron chi connectivity index (χ2n) is 6.30. The molecular formula is C13H24N2O3. The molecular weight excluding hydrogens is 232 g/mol. The molecule has 0 aromatic heterocycles. The summed E-state index contributed by atoms with van der Waals surface area (Å²) in [6, 6.07) is 0. The van der Waals surface area contributed by atoms with Crippen molar-refractivity contribution in [3.63, 3.8) is 0 Å². The fraction of sp³-hybridized carbons (Fsp3) is 0.923. The fourth-order valence-corrected chi connectivity index (χ4v) is 2.55. The smallest absolute Gasteiger partial charge is 0.248 e. The molecule has 104 valence electrons. The van der Waals surface area contributed by atoms with Crippen molar-refractivity contribution in [3.8, 4) is 0 Å². The van der Waals surface area contributed by atoms with Gasteiger partial charge in [-0.2, -0.15) is 0 Å². The van der Waals surface area contributed by atoms with Crippen LogP contribution in [0.3, 0.4) is 0 Å². The zero-order valence-corrected chi connectivity index (χ0v) is 11.8. The zero-order chi connectivity index (χ0) is 13.4. The first-order valence-electron chi connectivity index (χ1n) is 6.60. The Morgan fingerprint density at radius 3 is 2.61 bits per heavy atom. The van der Waals surface area contributed by atoms with Gasteiger partial charge in [-0.1, -0.05) is 0 Å². The lowest BCUT2D eigenvalue weighted by Gasteiger charge is -2.43. The van der Waals surface area contributed by atoms with E-state index in [9.17, 15) is 4.79 Å². The monoisotopic (exact) mass is 256 g/mol. The Morgan fingerprint density at radius 2 is 2.11 bits per heavy atom. The Balaban J connectivity index is 1.84. The van der Waals surface area contributed by atoms with Crippen LogP contribution in [-0.2, 0) is 14.3 Å². The van der Waals surface area contributed by atoms with E-state index in [1.54, 1.807) is 0 Å². The topological polar surface area (TPSA) is 50.8 Å². The molecule has 2 rings (SSSR count). The zero-order valence-electron chi connectivity index (χ0n) is 11.8. The molecule has 1 atom stereocenters. The highest BCUT2D eigenvalue weighted by molar-refractivity contribution is 5.77. The van der Waals surface area contributed by atoms with Gasteiger partial charge in [0.2, 0.25) is 5.91 Å². The molecule has 0 aromatic carbocycles. The van der Waals surface area contributed by atoms with Gasteiger partial charge in [-0.05, 0) is 27.7 Å². The molecule has 2 aliphatic heterocycles. The number of morpholine rings is 1. The molecule has 0 aromatic rings. The maximum atomic E-state index is 12.1. The van der Waals surface area contributed by atoms with Crippen LogP contribution in [0.1, 0.15) is 27.7 Å². The Bertz CT molecular complexity index is 326. The third kappa shape index (κ3) is 3.22. The summed E-state index contributed by atoms with van der Waals surface area (Å²) in [7, 11) is 0. The van der Waals surface area contributed by atoms with E-state index in [0.717, 1.165) is 13.1 Å². The number of nitrogens with one attached hydrogen (secondary N) is 1. The highest BCUT2D eigenvalue weighted by Gasteiger charge is 2.36. The number of hydrogen-bond donors (Lipinski definition) is 1. The van der Waals surface area contributed by atoms with Gasteiger partial charge >= 0.3 is 0 Å². The standard InChI is InChI=1S/C13H24N2O3/c1-10-5-15(9-12(2,3)18-10)11(16)6-17-13(4)7-14-8-13/h10,14H,5-9H2,1-4H3. The minimum Gasteiger partial charge on any atom is -0.369 e. The van der Waals surface area contributed by atoms with Gasteiger partial charge < -0.3 is 19.7 Å². The number of amides is 1. The van der Waals surface area contributed by atoms with Gasteiger partial charge in [-0.3, -0.25) is 4.79 Å². The molecule has 5 heteroatoms. The minimum atomic E-state index is -0.269. The lowest BCUT2D eigenvalue weighted by Crippen LogP contribution is -2.60. The van der Waals surface area contributed by atoms with E-state index in [4.69, 9.17) is 9.47 Å². The number of ether oxygens (including phenoxy) is 2. The summed E-state index contributed by atoms with van der Waals surface area (Å²) in [5.41, 5.74) is -0.432. The highest BCUT2D eigenvalue weighted by Crippen LogP contribution is 2.21. The first-order chi connectivity index (χ1) is 8.30. The van der Waals surface area contributed by atoms with Crippen molar-refractivity contribution < 1.29 is 14.3 Å². The van der Waals surface area contributed by atoms with Crippen molar-refractivity contribution in [2.45, 2.75) is 45.0 Å². The predicted octanol–water partition coefficient (Wildman–Crippen LogP) is 0.391. The molecule has 2 aliphatic rings. The van der Waals surface area contributed by atoms with Gasteiger partial charge in [0.15, 0.2) is 0 Å². The minimum absolute atomic E-state index is 0.0614. The molecule has 1 N–H and O–H groups in total. The van der Waals surface area contributed by atoms with Crippen LogP contribution in [0.25, 0.3) is 0 Å². The van der Waals surface area contributed by atoms with Crippen LogP contribution in [0.15, 0.2) is 0 Å². The van der Waals surface area contributed by atoms with E-state index in [-0.39, 0.29) is 29.8 Å². The molecule has 18 heavy (non-hydrogen) atoms. The summed E-state index contributed by atoms with van der Waals surface area (Å²) in [5.74, 6) is 0.0614. The van der Waals surface area contributed by atoms with Crippen LogP contribution >= 0.6 is 0 Å². The SMILES string of the molecule is CC1CN(C(=O)COC2(C)CNC2)CC(C)(C)O1. The summed E-state index contributed by atoms with van der Waals surface area (Å²) in [6.45, 7) is 11.2. The van der Waals surface area contributed by atoms with Crippen LogP contribution in [0.2, 0.25) is 0 Å². The molecule has 2 fully saturated rings. The normalized spacial score (nSPS) is 29.8. The van der Waals surface area contributed by atoms with E-state index >= 15 is 0 Å². The lowest BCUT2D eigenvalue weighted by molar-refractivity contribution is -0.167. The molecule has 0 aliphatic carbocycles. The van der Waals surface area contributed by atoms with Crippen molar-refractivity contribution in [3.05, 3.63) is 0 Å². The van der Waals surface area contributed by atoms with Crippen molar-refractivity contribution in [2.24, 2.45) is 0 Å². The van der Waals surface area contributed by atoms with Gasteiger partial charge in [-0.15, -0.1) is 0 Å².